The lowest BCUT2D eigenvalue weighted by Gasteiger charge is -2.52. The summed E-state index contributed by atoms with van der Waals surface area (Å²) in [6.45, 7) is 7.13. The molecule has 1 aromatic carbocycles. The minimum Gasteiger partial charge on any atom is -0.0654 e. The van der Waals surface area contributed by atoms with Gasteiger partial charge >= 0.3 is 0 Å². The molecule has 0 bridgehead atoms. The van der Waals surface area contributed by atoms with Gasteiger partial charge in [-0.1, -0.05) is 56.9 Å². The van der Waals surface area contributed by atoms with E-state index >= 15 is 0 Å². The molecule has 0 nitrogen and oxygen atoms in total. The predicted octanol–water partition coefficient (Wildman–Crippen LogP) is 5.42. The molecule has 104 valence electrons. The monoisotopic (exact) mass is 256 g/mol. The first-order chi connectivity index (χ1) is 9.17. The smallest absolute Gasteiger partial charge is 0.00134 e. The molecule has 1 fully saturated rings. The maximum absolute atomic E-state index is 2.52. The zero-order valence-electron chi connectivity index (χ0n) is 12.8. The van der Waals surface area contributed by atoms with Crippen LogP contribution in [0.15, 0.2) is 18.2 Å². The van der Waals surface area contributed by atoms with Crippen LogP contribution in [0.3, 0.4) is 0 Å². The molecule has 0 radical (unpaired) electrons. The normalized spacial score (nSPS) is 33.6. The van der Waals surface area contributed by atoms with Gasteiger partial charge in [0.15, 0.2) is 0 Å². The first-order valence-corrected chi connectivity index (χ1v) is 8.27. The van der Waals surface area contributed by atoms with Gasteiger partial charge in [-0.05, 0) is 61.0 Å². The zero-order valence-corrected chi connectivity index (χ0v) is 12.8. The summed E-state index contributed by atoms with van der Waals surface area (Å²) in [6, 6.07) is 7.26. The van der Waals surface area contributed by atoms with Crippen molar-refractivity contribution in [2.45, 2.75) is 71.1 Å². The van der Waals surface area contributed by atoms with E-state index in [0.29, 0.717) is 5.41 Å². The van der Waals surface area contributed by atoms with Crippen LogP contribution in [0.4, 0.5) is 0 Å². The van der Waals surface area contributed by atoms with Crippen LogP contribution in [-0.2, 0) is 11.8 Å². The van der Waals surface area contributed by atoms with Crippen LogP contribution in [0, 0.1) is 18.8 Å². The molecule has 1 aromatic rings. The molecule has 0 heteroatoms. The second-order valence-corrected chi connectivity index (χ2v) is 7.10. The predicted molar refractivity (Wildman–Crippen MR) is 82.6 cm³/mol. The van der Waals surface area contributed by atoms with E-state index in [-0.39, 0.29) is 0 Å². The van der Waals surface area contributed by atoms with Crippen molar-refractivity contribution in [2.75, 3.05) is 0 Å². The van der Waals surface area contributed by atoms with Crippen molar-refractivity contribution in [3.63, 3.8) is 0 Å². The number of fused-ring (bicyclic) bond motifs is 3. The fraction of sp³-hybridized carbons (Fsp3) is 0.684. The minimum atomic E-state index is 0.520. The van der Waals surface area contributed by atoms with Gasteiger partial charge in [0, 0.05) is 0 Å². The molecule has 3 rings (SSSR count). The molecular weight excluding hydrogens is 228 g/mol. The quantitative estimate of drug-likeness (QED) is 0.663. The number of rotatable bonds is 2. The first kappa shape index (κ1) is 13.2. The second-order valence-electron chi connectivity index (χ2n) is 7.10. The van der Waals surface area contributed by atoms with Gasteiger partial charge in [-0.2, -0.15) is 0 Å². The van der Waals surface area contributed by atoms with E-state index < -0.39 is 0 Å². The Bertz CT molecular complexity index is 455. The Hall–Kier alpha value is -0.780. The van der Waals surface area contributed by atoms with E-state index in [1.54, 1.807) is 11.1 Å². The Balaban J connectivity index is 2.14. The maximum Gasteiger partial charge on any atom is -0.00134 e. The molecule has 1 unspecified atom stereocenters. The van der Waals surface area contributed by atoms with Crippen LogP contribution in [0.25, 0.3) is 0 Å². The summed E-state index contributed by atoms with van der Waals surface area (Å²) in [7, 11) is 0. The zero-order chi connectivity index (χ0) is 13.5. The maximum atomic E-state index is 2.52. The highest BCUT2D eigenvalue weighted by molar-refractivity contribution is 5.41. The topological polar surface area (TPSA) is 0 Å². The molecule has 0 amide bonds. The van der Waals surface area contributed by atoms with Crippen LogP contribution in [0.2, 0.25) is 0 Å². The molecule has 1 saturated carbocycles. The van der Waals surface area contributed by atoms with Crippen molar-refractivity contribution in [1.29, 1.82) is 0 Å². The molecule has 3 atom stereocenters. The highest BCUT2D eigenvalue weighted by Gasteiger charge is 2.47. The molecule has 0 N–H and O–H groups in total. The summed E-state index contributed by atoms with van der Waals surface area (Å²) in [6.07, 6.45) is 9.85. The second kappa shape index (κ2) is 4.96. The van der Waals surface area contributed by atoms with Gasteiger partial charge in [0.2, 0.25) is 0 Å². The summed E-state index contributed by atoms with van der Waals surface area (Å²) in [5, 5.41) is 0. The van der Waals surface area contributed by atoms with Gasteiger partial charge in [0.25, 0.3) is 0 Å². The van der Waals surface area contributed by atoms with Crippen molar-refractivity contribution in [1.82, 2.24) is 0 Å². The highest BCUT2D eigenvalue weighted by atomic mass is 14.5. The van der Waals surface area contributed by atoms with E-state index in [0.717, 1.165) is 11.8 Å². The molecular formula is C19H28. The Morgan fingerprint density at radius 2 is 2.11 bits per heavy atom. The van der Waals surface area contributed by atoms with Gasteiger partial charge < -0.3 is 0 Å². The number of benzene rings is 1. The Morgan fingerprint density at radius 3 is 2.89 bits per heavy atom. The Kier molecular flexibility index (Phi) is 3.45. The molecule has 0 saturated heterocycles. The van der Waals surface area contributed by atoms with Gasteiger partial charge in [0.1, 0.15) is 0 Å². The number of hydrogen-bond donors (Lipinski definition) is 0. The summed E-state index contributed by atoms with van der Waals surface area (Å²) in [4.78, 5) is 0. The molecule has 2 aliphatic carbocycles. The van der Waals surface area contributed by atoms with Crippen LogP contribution < -0.4 is 0 Å². The summed E-state index contributed by atoms with van der Waals surface area (Å²) >= 11 is 0. The van der Waals surface area contributed by atoms with E-state index in [4.69, 9.17) is 0 Å². The van der Waals surface area contributed by atoms with Gasteiger partial charge in [-0.25, -0.2) is 0 Å². The summed E-state index contributed by atoms with van der Waals surface area (Å²) in [5.74, 6) is 1.82. The fourth-order valence-corrected chi connectivity index (χ4v) is 5.14. The van der Waals surface area contributed by atoms with Gasteiger partial charge in [0.05, 0.1) is 0 Å². The fourth-order valence-electron chi connectivity index (χ4n) is 5.14. The SMILES string of the molecule is CCC[C@@]12CCCCC1[C@@H](C)Cc1ccc(C)cc12. The third-order valence-corrected chi connectivity index (χ3v) is 5.82. The van der Waals surface area contributed by atoms with E-state index in [9.17, 15) is 0 Å². The average molecular weight is 256 g/mol. The summed E-state index contributed by atoms with van der Waals surface area (Å²) in [5.41, 5.74) is 5.36. The molecule has 2 aliphatic rings. The average Bonchev–Trinajstić information content (AvgIpc) is 2.41. The van der Waals surface area contributed by atoms with Crippen molar-refractivity contribution < 1.29 is 0 Å². The third-order valence-electron chi connectivity index (χ3n) is 5.82. The van der Waals surface area contributed by atoms with E-state index in [1.807, 2.05) is 0 Å². The van der Waals surface area contributed by atoms with Crippen molar-refractivity contribution in [3.8, 4) is 0 Å². The number of aryl methyl sites for hydroxylation is 1. The van der Waals surface area contributed by atoms with Crippen molar-refractivity contribution >= 4 is 0 Å². The summed E-state index contributed by atoms with van der Waals surface area (Å²) < 4.78 is 0. The number of hydrogen-bond acceptors (Lipinski definition) is 0. The molecule has 0 heterocycles. The van der Waals surface area contributed by atoms with Crippen LogP contribution in [0.5, 0.6) is 0 Å². The van der Waals surface area contributed by atoms with Crippen LogP contribution >= 0.6 is 0 Å². The lowest BCUT2D eigenvalue weighted by molar-refractivity contribution is 0.101. The van der Waals surface area contributed by atoms with Gasteiger partial charge in [-0.3, -0.25) is 0 Å². The van der Waals surface area contributed by atoms with Crippen molar-refractivity contribution in [3.05, 3.63) is 34.9 Å². The molecule has 0 spiro atoms. The Labute approximate surface area is 118 Å². The lowest BCUT2D eigenvalue weighted by Crippen LogP contribution is -2.45. The third kappa shape index (κ3) is 2.04. The standard InChI is InChI=1S/C19H28/c1-4-10-19-11-6-5-7-17(19)15(3)13-16-9-8-14(2)12-18(16)19/h8-9,12,15,17H,4-7,10-11,13H2,1-3H3/t15-,17?,19+/m0/s1. The molecule has 0 aromatic heterocycles. The van der Waals surface area contributed by atoms with Crippen LogP contribution in [-0.4, -0.2) is 0 Å². The minimum absolute atomic E-state index is 0.520. The lowest BCUT2D eigenvalue weighted by atomic mass is 9.52. The Morgan fingerprint density at radius 1 is 1.26 bits per heavy atom. The van der Waals surface area contributed by atoms with Crippen molar-refractivity contribution in [2.24, 2.45) is 11.8 Å². The van der Waals surface area contributed by atoms with Gasteiger partial charge in [-0.15, -0.1) is 0 Å². The first-order valence-electron chi connectivity index (χ1n) is 8.27. The van der Waals surface area contributed by atoms with E-state index in [2.05, 4.69) is 39.0 Å². The molecule has 19 heavy (non-hydrogen) atoms. The van der Waals surface area contributed by atoms with Crippen LogP contribution in [0.1, 0.15) is 69.1 Å². The largest absolute Gasteiger partial charge is 0.0654 e. The highest BCUT2D eigenvalue weighted by Crippen LogP contribution is 2.54. The van der Waals surface area contributed by atoms with E-state index in [1.165, 1.54) is 50.5 Å². The molecule has 0 aliphatic heterocycles.